The highest BCUT2D eigenvalue weighted by molar-refractivity contribution is 4.91. The summed E-state index contributed by atoms with van der Waals surface area (Å²) in [5, 5.41) is 0. The number of hydrogen-bond donors (Lipinski definition) is 0. The molecule has 1 rings (SSSR count). The Bertz CT molecular complexity index is 132. The molecule has 0 saturated carbocycles. The molecule has 0 spiro atoms. The molecule has 0 N–H and O–H groups in total. The van der Waals surface area contributed by atoms with E-state index < -0.39 is 0 Å². The molecule has 1 aliphatic rings. The zero-order valence-electron chi connectivity index (χ0n) is 8.24. The molecule has 66 valence electrons. The molecule has 0 aromatic carbocycles. The lowest BCUT2D eigenvalue weighted by atomic mass is 9.65. The predicted octanol–water partition coefficient (Wildman–Crippen LogP) is 2.85. The van der Waals surface area contributed by atoms with Crippen LogP contribution in [0.5, 0.6) is 0 Å². The van der Waals surface area contributed by atoms with Gasteiger partial charge in [0.15, 0.2) is 0 Å². The second-order valence-corrected chi connectivity index (χ2v) is 4.60. The maximum atomic E-state index is 5.45. The van der Waals surface area contributed by atoms with Crippen LogP contribution in [0.1, 0.15) is 40.5 Å². The molecule has 0 amide bonds. The Hall–Kier alpha value is -0.0400. The van der Waals surface area contributed by atoms with Gasteiger partial charge < -0.3 is 4.74 Å². The minimum atomic E-state index is 0.418. The molecule has 0 unspecified atom stereocenters. The third-order valence-electron chi connectivity index (χ3n) is 3.74. The summed E-state index contributed by atoms with van der Waals surface area (Å²) in [7, 11) is 0. The van der Waals surface area contributed by atoms with E-state index in [1.54, 1.807) is 0 Å². The van der Waals surface area contributed by atoms with Crippen LogP contribution in [0.2, 0.25) is 0 Å². The van der Waals surface area contributed by atoms with Crippen LogP contribution in [-0.4, -0.2) is 13.2 Å². The van der Waals surface area contributed by atoms with Gasteiger partial charge in [-0.1, -0.05) is 34.1 Å². The van der Waals surface area contributed by atoms with Crippen LogP contribution in [-0.2, 0) is 4.74 Å². The normalized spacial score (nSPS) is 32.7. The lowest BCUT2D eigenvalue weighted by molar-refractivity contribution is 0.0606. The summed E-state index contributed by atoms with van der Waals surface area (Å²) >= 11 is 0. The van der Waals surface area contributed by atoms with Crippen molar-refractivity contribution in [3.8, 4) is 0 Å². The van der Waals surface area contributed by atoms with Crippen LogP contribution >= 0.6 is 0 Å². The van der Waals surface area contributed by atoms with Crippen molar-refractivity contribution < 1.29 is 4.74 Å². The fraction of sp³-hybridized carbons (Fsp3) is 1.00. The number of ether oxygens (including phenoxy) is 1. The van der Waals surface area contributed by atoms with Gasteiger partial charge in [-0.15, -0.1) is 0 Å². The fourth-order valence-corrected chi connectivity index (χ4v) is 1.63. The second kappa shape index (κ2) is 2.78. The molecule has 1 heterocycles. The zero-order valence-corrected chi connectivity index (χ0v) is 8.24. The molecule has 1 nitrogen and oxygen atoms in total. The zero-order chi connectivity index (χ0) is 8.54. The summed E-state index contributed by atoms with van der Waals surface area (Å²) in [6, 6.07) is 0. The van der Waals surface area contributed by atoms with Gasteiger partial charge in [-0.2, -0.15) is 0 Å². The summed E-state index contributed by atoms with van der Waals surface area (Å²) in [6.07, 6.45) is 2.47. The van der Waals surface area contributed by atoms with Crippen molar-refractivity contribution >= 4 is 0 Å². The highest BCUT2D eigenvalue weighted by Gasteiger charge is 2.42. The van der Waals surface area contributed by atoms with E-state index in [4.69, 9.17) is 4.74 Å². The SMILES string of the molecule is CCC(C)(C)[C@]1(C)CCOC1. The van der Waals surface area contributed by atoms with Crippen molar-refractivity contribution in [2.75, 3.05) is 13.2 Å². The van der Waals surface area contributed by atoms with E-state index in [2.05, 4.69) is 27.7 Å². The van der Waals surface area contributed by atoms with Gasteiger partial charge in [0, 0.05) is 6.61 Å². The van der Waals surface area contributed by atoms with Crippen molar-refractivity contribution in [1.29, 1.82) is 0 Å². The summed E-state index contributed by atoms with van der Waals surface area (Å²) in [5.41, 5.74) is 0.852. The van der Waals surface area contributed by atoms with Gasteiger partial charge in [0.25, 0.3) is 0 Å². The summed E-state index contributed by atoms with van der Waals surface area (Å²) in [6.45, 7) is 11.2. The molecule has 1 fully saturated rings. The Balaban J connectivity index is 2.69. The molecule has 0 bridgehead atoms. The molecule has 1 aliphatic heterocycles. The Morgan fingerprint density at radius 3 is 2.45 bits per heavy atom. The Morgan fingerprint density at radius 1 is 1.45 bits per heavy atom. The lowest BCUT2D eigenvalue weighted by Gasteiger charge is -2.39. The molecular formula is C10H20O. The van der Waals surface area contributed by atoms with E-state index >= 15 is 0 Å². The van der Waals surface area contributed by atoms with E-state index in [1.807, 2.05) is 0 Å². The van der Waals surface area contributed by atoms with Gasteiger partial charge in [0.05, 0.1) is 6.61 Å². The maximum Gasteiger partial charge on any atom is 0.0525 e. The first-order valence-electron chi connectivity index (χ1n) is 4.60. The molecule has 0 aromatic rings. The van der Waals surface area contributed by atoms with Crippen molar-refractivity contribution in [3.05, 3.63) is 0 Å². The van der Waals surface area contributed by atoms with Gasteiger partial charge in [0.1, 0.15) is 0 Å². The van der Waals surface area contributed by atoms with E-state index in [0.717, 1.165) is 13.2 Å². The Kier molecular flexibility index (Phi) is 2.29. The van der Waals surface area contributed by atoms with Gasteiger partial charge in [-0.05, 0) is 17.3 Å². The number of rotatable bonds is 2. The standard InChI is InChI=1S/C10H20O/c1-5-9(2,3)10(4)6-7-11-8-10/h5-8H2,1-4H3/t10-/m1/s1. The van der Waals surface area contributed by atoms with Gasteiger partial charge in [-0.25, -0.2) is 0 Å². The fourth-order valence-electron chi connectivity index (χ4n) is 1.63. The van der Waals surface area contributed by atoms with Crippen LogP contribution in [0, 0.1) is 10.8 Å². The third-order valence-corrected chi connectivity index (χ3v) is 3.74. The van der Waals surface area contributed by atoms with Crippen molar-refractivity contribution in [2.24, 2.45) is 10.8 Å². The highest BCUT2D eigenvalue weighted by atomic mass is 16.5. The van der Waals surface area contributed by atoms with Crippen LogP contribution in [0.15, 0.2) is 0 Å². The lowest BCUT2D eigenvalue weighted by Crippen LogP contribution is -2.35. The van der Waals surface area contributed by atoms with Crippen LogP contribution < -0.4 is 0 Å². The first-order valence-corrected chi connectivity index (χ1v) is 4.60. The first-order chi connectivity index (χ1) is 5.02. The topological polar surface area (TPSA) is 9.23 Å². The smallest absolute Gasteiger partial charge is 0.0525 e. The Labute approximate surface area is 70.1 Å². The van der Waals surface area contributed by atoms with E-state index in [0.29, 0.717) is 10.8 Å². The molecule has 0 aromatic heterocycles. The largest absolute Gasteiger partial charge is 0.381 e. The first kappa shape index (κ1) is 9.05. The minimum absolute atomic E-state index is 0.418. The van der Waals surface area contributed by atoms with E-state index in [1.165, 1.54) is 12.8 Å². The van der Waals surface area contributed by atoms with Gasteiger partial charge >= 0.3 is 0 Å². The van der Waals surface area contributed by atoms with E-state index in [-0.39, 0.29) is 0 Å². The molecule has 1 saturated heterocycles. The van der Waals surface area contributed by atoms with Crippen molar-refractivity contribution in [3.63, 3.8) is 0 Å². The molecule has 0 aliphatic carbocycles. The van der Waals surface area contributed by atoms with Crippen molar-refractivity contribution in [1.82, 2.24) is 0 Å². The number of hydrogen-bond acceptors (Lipinski definition) is 1. The predicted molar refractivity (Wildman–Crippen MR) is 47.6 cm³/mol. The summed E-state index contributed by atoms with van der Waals surface area (Å²) in [4.78, 5) is 0. The van der Waals surface area contributed by atoms with Crippen LogP contribution in [0.4, 0.5) is 0 Å². The monoisotopic (exact) mass is 156 g/mol. The Morgan fingerprint density at radius 2 is 2.09 bits per heavy atom. The molecule has 1 atom stereocenters. The quantitative estimate of drug-likeness (QED) is 0.597. The molecular weight excluding hydrogens is 136 g/mol. The average molecular weight is 156 g/mol. The summed E-state index contributed by atoms with van der Waals surface area (Å²) < 4.78 is 5.45. The van der Waals surface area contributed by atoms with Crippen LogP contribution in [0.3, 0.4) is 0 Å². The van der Waals surface area contributed by atoms with E-state index in [9.17, 15) is 0 Å². The van der Waals surface area contributed by atoms with Gasteiger partial charge in [-0.3, -0.25) is 0 Å². The minimum Gasteiger partial charge on any atom is -0.381 e. The average Bonchev–Trinajstić information content (AvgIpc) is 2.38. The van der Waals surface area contributed by atoms with Crippen LogP contribution in [0.25, 0.3) is 0 Å². The maximum absolute atomic E-state index is 5.45. The van der Waals surface area contributed by atoms with Gasteiger partial charge in [0.2, 0.25) is 0 Å². The van der Waals surface area contributed by atoms with Crippen molar-refractivity contribution in [2.45, 2.75) is 40.5 Å². The third kappa shape index (κ3) is 1.44. The summed E-state index contributed by atoms with van der Waals surface area (Å²) in [5.74, 6) is 0. The molecule has 1 heteroatoms. The molecule has 11 heavy (non-hydrogen) atoms. The highest BCUT2D eigenvalue weighted by Crippen LogP contribution is 2.46. The second-order valence-electron chi connectivity index (χ2n) is 4.60. The molecule has 0 radical (unpaired) electrons.